The molecule has 0 spiro atoms. The van der Waals surface area contributed by atoms with Crippen molar-refractivity contribution >= 4 is 29.0 Å². The average molecular weight is 327 g/mol. The summed E-state index contributed by atoms with van der Waals surface area (Å²) < 4.78 is 0. The third-order valence-corrected chi connectivity index (χ3v) is 4.84. The zero-order valence-electron chi connectivity index (χ0n) is 12.1. The number of likely N-dealkylation sites (N-methyl/N-ethyl adjacent to an activating group) is 1. The highest BCUT2D eigenvalue weighted by Gasteiger charge is 2.31. The van der Waals surface area contributed by atoms with Gasteiger partial charge in [0, 0.05) is 48.3 Å². The van der Waals surface area contributed by atoms with Gasteiger partial charge in [-0.1, -0.05) is 29.3 Å². The lowest BCUT2D eigenvalue weighted by atomic mass is 10.1. The predicted molar refractivity (Wildman–Crippen MR) is 88.5 cm³/mol. The van der Waals surface area contributed by atoms with E-state index in [0.29, 0.717) is 6.04 Å². The zero-order valence-corrected chi connectivity index (χ0v) is 13.7. The molecule has 6 heteroatoms. The van der Waals surface area contributed by atoms with Crippen LogP contribution >= 0.6 is 23.2 Å². The minimum Gasteiger partial charge on any atom is -0.371 e. The van der Waals surface area contributed by atoms with E-state index in [1.165, 1.54) is 0 Å². The molecule has 0 aromatic heterocycles. The predicted octanol–water partition coefficient (Wildman–Crippen LogP) is 2.11. The number of nitrogens with zero attached hydrogens (tertiary/aromatic N) is 3. The molecule has 0 saturated carbocycles. The van der Waals surface area contributed by atoms with Gasteiger partial charge in [-0.2, -0.15) is 0 Å². The Morgan fingerprint density at radius 3 is 2.71 bits per heavy atom. The van der Waals surface area contributed by atoms with Crippen LogP contribution in [0.5, 0.6) is 0 Å². The minimum atomic E-state index is 0.290. The fourth-order valence-electron chi connectivity index (χ4n) is 2.93. The number of benzene rings is 1. The Hall–Kier alpha value is -0.810. The van der Waals surface area contributed by atoms with E-state index in [9.17, 15) is 0 Å². The van der Waals surface area contributed by atoms with Crippen LogP contribution in [0.4, 0.5) is 0 Å². The highest BCUT2D eigenvalue weighted by Crippen LogP contribution is 2.27. The SMILES string of the molecule is CN1CCN(Cc2c(Cl)cccc2Cl)C(C2=NCCN2)C1. The normalized spacial score (nSPS) is 24.0. The molecule has 1 N–H and O–H groups in total. The molecule has 1 atom stereocenters. The van der Waals surface area contributed by atoms with Crippen LogP contribution in [0.25, 0.3) is 0 Å². The Labute approximate surface area is 135 Å². The van der Waals surface area contributed by atoms with Gasteiger partial charge in [-0.25, -0.2) is 0 Å². The van der Waals surface area contributed by atoms with E-state index in [1.54, 1.807) is 0 Å². The van der Waals surface area contributed by atoms with Crippen LogP contribution in [0.3, 0.4) is 0 Å². The van der Waals surface area contributed by atoms with E-state index in [-0.39, 0.29) is 0 Å². The maximum atomic E-state index is 6.32. The van der Waals surface area contributed by atoms with Gasteiger partial charge in [0.1, 0.15) is 5.84 Å². The van der Waals surface area contributed by atoms with E-state index in [0.717, 1.165) is 60.7 Å². The fourth-order valence-corrected chi connectivity index (χ4v) is 3.45. The molecule has 0 amide bonds. The minimum absolute atomic E-state index is 0.290. The van der Waals surface area contributed by atoms with Crippen molar-refractivity contribution in [3.05, 3.63) is 33.8 Å². The van der Waals surface area contributed by atoms with Crippen LogP contribution < -0.4 is 5.32 Å². The lowest BCUT2D eigenvalue weighted by molar-refractivity contribution is 0.117. The molecule has 21 heavy (non-hydrogen) atoms. The first kappa shape index (κ1) is 15.1. The van der Waals surface area contributed by atoms with Gasteiger partial charge in [-0.15, -0.1) is 0 Å². The summed E-state index contributed by atoms with van der Waals surface area (Å²) in [5.74, 6) is 1.10. The monoisotopic (exact) mass is 326 g/mol. The van der Waals surface area contributed by atoms with Crippen LogP contribution in [0.15, 0.2) is 23.2 Å². The molecule has 0 bridgehead atoms. The molecule has 1 unspecified atom stereocenters. The van der Waals surface area contributed by atoms with E-state index in [4.69, 9.17) is 23.2 Å². The summed E-state index contributed by atoms with van der Waals surface area (Å²) in [6.45, 7) is 5.59. The number of aliphatic imine (C=N–C) groups is 1. The molecular weight excluding hydrogens is 307 g/mol. The lowest BCUT2D eigenvalue weighted by Gasteiger charge is -2.40. The van der Waals surface area contributed by atoms with Gasteiger partial charge >= 0.3 is 0 Å². The van der Waals surface area contributed by atoms with Gasteiger partial charge in [0.15, 0.2) is 0 Å². The maximum absolute atomic E-state index is 6.32. The molecule has 2 aliphatic rings. The number of hydrogen-bond acceptors (Lipinski definition) is 4. The van der Waals surface area contributed by atoms with Crippen LogP contribution in [-0.2, 0) is 6.54 Å². The van der Waals surface area contributed by atoms with Gasteiger partial charge in [0.25, 0.3) is 0 Å². The van der Waals surface area contributed by atoms with E-state index >= 15 is 0 Å². The first-order valence-electron chi connectivity index (χ1n) is 7.29. The Morgan fingerprint density at radius 1 is 1.29 bits per heavy atom. The standard InChI is InChI=1S/C15H20Cl2N4/c1-20-7-8-21(14(10-20)15-18-5-6-19-15)9-11-12(16)3-2-4-13(11)17/h2-4,14H,5-10H2,1H3,(H,18,19). The third kappa shape index (κ3) is 3.34. The van der Waals surface area contributed by atoms with Gasteiger partial charge in [-0.3, -0.25) is 9.89 Å². The molecule has 114 valence electrons. The van der Waals surface area contributed by atoms with Crippen molar-refractivity contribution < 1.29 is 0 Å². The molecular formula is C15H20Cl2N4. The van der Waals surface area contributed by atoms with Gasteiger partial charge in [0.05, 0.1) is 12.6 Å². The van der Waals surface area contributed by atoms with Crippen molar-refractivity contribution in [3.63, 3.8) is 0 Å². The fraction of sp³-hybridized carbons (Fsp3) is 0.533. The Balaban J connectivity index is 1.81. The van der Waals surface area contributed by atoms with E-state index in [2.05, 4.69) is 27.2 Å². The summed E-state index contributed by atoms with van der Waals surface area (Å²) in [6.07, 6.45) is 0. The van der Waals surface area contributed by atoms with E-state index < -0.39 is 0 Å². The van der Waals surface area contributed by atoms with Crippen LogP contribution in [0.1, 0.15) is 5.56 Å². The topological polar surface area (TPSA) is 30.9 Å². The van der Waals surface area contributed by atoms with Gasteiger partial charge < -0.3 is 10.2 Å². The summed E-state index contributed by atoms with van der Waals surface area (Å²) in [5.41, 5.74) is 1.01. The molecule has 2 aliphatic heterocycles. The van der Waals surface area contributed by atoms with Crippen LogP contribution in [0.2, 0.25) is 10.0 Å². The molecule has 0 radical (unpaired) electrons. The Bertz CT molecular complexity index is 526. The number of piperazine rings is 1. The number of halogens is 2. The quantitative estimate of drug-likeness (QED) is 0.923. The van der Waals surface area contributed by atoms with Crippen molar-refractivity contribution in [1.29, 1.82) is 0 Å². The van der Waals surface area contributed by atoms with E-state index in [1.807, 2.05) is 18.2 Å². The van der Waals surface area contributed by atoms with Crippen molar-refractivity contribution in [1.82, 2.24) is 15.1 Å². The summed E-state index contributed by atoms with van der Waals surface area (Å²) >= 11 is 12.6. The lowest BCUT2D eigenvalue weighted by Crippen LogP contribution is -2.57. The molecule has 2 heterocycles. The van der Waals surface area contributed by atoms with Gasteiger partial charge in [-0.05, 0) is 19.2 Å². The number of nitrogens with one attached hydrogen (secondary N) is 1. The molecule has 1 fully saturated rings. The number of amidine groups is 1. The Morgan fingerprint density at radius 2 is 2.05 bits per heavy atom. The smallest absolute Gasteiger partial charge is 0.115 e. The second-order valence-electron chi connectivity index (χ2n) is 5.64. The second kappa shape index (κ2) is 6.53. The van der Waals surface area contributed by atoms with Crippen molar-refractivity contribution in [2.75, 3.05) is 39.8 Å². The summed E-state index contributed by atoms with van der Waals surface area (Å²) in [7, 11) is 2.16. The van der Waals surface area contributed by atoms with Gasteiger partial charge in [0.2, 0.25) is 0 Å². The number of rotatable bonds is 3. The highest BCUT2D eigenvalue weighted by atomic mass is 35.5. The largest absolute Gasteiger partial charge is 0.371 e. The molecule has 4 nitrogen and oxygen atoms in total. The number of hydrogen-bond donors (Lipinski definition) is 1. The molecule has 1 aromatic carbocycles. The second-order valence-corrected chi connectivity index (χ2v) is 6.46. The molecule has 1 saturated heterocycles. The first-order valence-corrected chi connectivity index (χ1v) is 8.04. The summed E-state index contributed by atoms with van der Waals surface area (Å²) in [6, 6.07) is 5.98. The average Bonchev–Trinajstić information content (AvgIpc) is 2.98. The van der Waals surface area contributed by atoms with Crippen molar-refractivity contribution in [3.8, 4) is 0 Å². The summed E-state index contributed by atoms with van der Waals surface area (Å²) in [4.78, 5) is 9.37. The van der Waals surface area contributed by atoms with Crippen LogP contribution in [-0.4, -0.2) is 61.4 Å². The molecule has 3 rings (SSSR count). The molecule has 0 aliphatic carbocycles. The third-order valence-electron chi connectivity index (χ3n) is 4.13. The maximum Gasteiger partial charge on any atom is 0.115 e. The molecule has 1 aromatic rings. The first-order chi connectivity index (χ1) is 10.1. The van der Waals surface area contributed by atoms with Crippen LogP contribution in [0, 0.1) is 0 Å². The van der Waals surface area contributed by atoms with Crippen molar-refractivity contribution in [2.24, 2.45) is 4.99 Å². The highest BCUT2D eigenvalue weighted by molar-refractivity contribution is 6.35. The summed E-state index contributed by atoms with van der Waals surface area (Å²) in [5, 5.41) is 4.88. The van der Waals surface area contributed by atoms with Crippen molar-refractivity contribution in [2.45, 2.75) is 12.6 Å². The Kier molecular flexibility index (Phi) is 4.69. The zero-order chi connectivity index (χ0) is 14.8.